The van der Waals surface area contributed by atoms with E-state index in [-0.39, 0.29) is 18.6 Å². The summed E-state index contributed by atoms with van der Waals surface area (Å²) in [6.45, 7) is 0.480. The molecule has 1 aliphatic heterocycles. The van der Waals surface area contributed by atoms with E-state index in [9.17, 15) is 5.11 Å². The quantitative estimate of drug-likeness (QED) is 0.859. The van der Waals surface area contributed by atoms with Crippen LogP contribution in [0.15, 0.2) is 48.0 Å². The standard InChI is InChI=1S/C21H24O5/c1-23-17-6-4-14(5-7-17)8-16-13-26-21(20(16)12-22)15-9-18(24-2)11-19(10-15)25-3/h4-11,20-22H,12-13H2,1-3H3/b16-8+. The van der Waals surface area contributed by atoms with Crippen LogP contribution in [0.5, 0.6) is 17.2 Å². The zero-order valence-corrected chi connectivity index (χ0v) is 15.3. The Labute approximate surface area is 153 Å². The molecule has 1 N–H and O–H groups in total. The lowest BCUT2D eigenvalue weighted by molar-refractivity contribution is 0.0718. The summed E-state index contributed by atoms with van der Waals surface area (Å²) in [7, 11) is 4.88. The van der Waals surface area contributed by atoms with Crippen LogP contribution in [0.2, 0.25) is 0 Å². The predicted molar refractivity (Wildman–Crippen MR) is 99.8 cm³/mol. The molecule has 1 aliphatic rings. The average Bonchev–Trinajstić information content (AvgIpc) is 3.10. The van der Waals surface area contributed by atoms with E-state index in [1.165, 1.54) is 0 Å². The minimum absolute atomic E-state index is 0.00613. The average molecular weight is 356 g/mol. The molecule has 1 fully saturated rings. The van der Waals surface area contributed by atoms with E-state index >= 15 is 0 Å². The third-order valence-corrected chi connectivity index (χ3v) is 4.64. The van der Waals surface area contributed by atoms with E-state index in [1.807, 2.05) is 42.5 Å². The van der Waals surface area contributed by atoms with Crippen molar-refractivity contribution in [2.45, 2.75) is 6.10 Å². The molecule has 1 heterocycles. The number of ether oxygens (including phenoxy) is 4. The highest BCUT2D eigenvalue weighted by atomic mass is 16.5. The number of methoxy groups -OCH3 is 3. The lowest BCUT2D eigenvalue weighted by Gasteiger charge is -2.19. The Morgan fingerprint density at radius 2 is 1.58 bits per heavy atom. The number of benzene rings is 2. The molecule has 3 rings (SSSR count). The molecule has 0 aliphatic carbocycles. The third-order valence-electron chi connectivity index (χ3n) is 4.64. The highest BCUT2D eigenvalue weighted by Crippen LogP contribution is 2.41. The Morgan fingerprint density at radius 1 is 0.962 bits per heavy atom. The second kappa shape index (κ2) is 8.25. The lowest BCUT2D eigenvalue weighted by atomic mass is 9.91. The van der Waals surface area contributed by atoms with Crippen molar-refractivity contribution in [3.63, 3.8) is 0 Å². The van der Waals surface area contributed by atoms with Crippen LogP contribution in [0.4, 0.5) is 0 Å². The first kappa shape index (κ1) is 18.3. The number of hydrogen-bond donors (Lipinski definition) is 1. The first-order valence-electron chi connectivity index (χ1n) is 8.48. The van der Waals surface area contributed by atoms with Gasteiger partial charge >= 0.3 is 0 Å². The van der Waals surface area contributed by atoms with E-state index in [4.69, 9.17) is 18.9 Å². The molecule has 138 valence electrons. The first-order chi connectivity index (χ1) is 12.7. The van der Waals surface area contributed by atoms with Crippen molar-refractivity contribution in [2.24, 2.45) is 5.92 Å². The van der Waals surface area contributed by atoms with E-state index in [0.29, 0.717) is 18.1 Å². The Bertz CT molecular complexity index is 744. The van der Waals surface area contributed by atoms with Gasteiger partial charge in [-0.1, -0.05) is 18.2 Å². The fourth-order valence-corrected chi connectivity index (χ4v) is 3.20. The first-order valence-corrected chi connectivity index (χ1v) is 8.48. The monoisotopic (exact) mass is 356 g/mol. The van der Waals surface area contributed by atoms with Crippen molar-refractivity contribution in [1.82, 2.24) is 0 Å². The van der Waals surface area contributed by atoms with Crippen LogP contribution in [0.3, 0.4) is 0 Å². The molecule has 0 saturated carbocycles. The van der Waals surface area contributed by atoms with Gasteiger partial charge in [0.25, 0.3) is 0 Å². The maximum Gasteiger partial charge on any atom is 0.122 e. The fourth-order valence-electron chi connectivity index (χ4n) is 3.20. The zero-order valence-electron chi connectivity index (χ0n) is 15.3. The van der Waals surface area contributed by atoms with Crippen molar-refractivity contribution in [1.29, 1.82) is 0 Å². The molecule has 0 bridgehead atoms. The molecule has 5 heteroatoms. The van der Waals surface area contributed by atoms with E-state index in [2.05, 4.69) is 6.08 Å². The molecular weight excluding hydrogens is 332 g/mol. The lowest BCUT2D eigenvalue weighted by Crippen LogP contribution is -2.13. The molecule has 0 aromatic heterocycles. The molecule has 26 heavy (non-hydrogen) atoms. The maximum absolute atomic E-state index is 9.98. The predicted octanol–water partition coefficient (Wildman–Crippen LogP) is 3.48. The van der Waals surface area contributed by atoms with Gasteiger partial charge in [-0.15, -0.1) is 0 Å². The molecule has 0 amide bonds. The largest absolute Gasteiger partial charge is 0.497 e. The second-order valence-electron chi connectivity index (χ2n) is 6.16. The Hall–Kier alpha value is -2.50. The van der Waals surface area contributed by atoms with Gasteiger partial charge in [-0.05, 0) is 41.0 Å². The van der Waals surface area contributed by atoms with Gasteiger partial charge in [0.1, 0.15) is 17.2 Å². The number of rotatable bonds is 6. The molecule has 0 spiro atoms. The summed E-state index contributed by atoms with van der Waals surface area (Å²) in [5.74, 6) is 2.10. The van der Waals surface area contributed by atoms with Crippen molar-refractivity contribution in [2.75, 3.05) is 34.5 Å². The highest BCUT2D eigenvalue weighted by Gasteiger charge is 2.33. The van der Waals surface area contributed by atoms with Crippen LogP contribution in [0, 0.1) is 5.92 Å². The maximum atomic E-state index is 9.98. The summed E-state index contributed by atoms with van der Waals surface area (Å²) in [5, 5.41) is 9.98. The smallest absolute Gasteiger partial charge is 0.122 e. The molecule has 0 radical (unpaired) electrons. The Balaban J connectivity index is 1.88. The number of aliphatic hydroxyl groups excluding tert-OH is 1. The van der Waals surface area contributed by atoms with Crippen LogP contribution < -0.4 is 14.2 Å². The molecule has 2 aromatic rings. The van der Waals surface area contributed by atoms with E-state index in [0.717, 1.165) is 22.4 Å². The number of aliphatic hydroxyl groups is 1. The van der Waals surface area contributed by atoms with Gasteiger partial charge in [0.2, 0.25) is 0 Å². The van der Waals surface area contributed by atoms with Crippen molar-refractivity contribution in [3.8, 4) is 17.2 Å². The van der Waals surface area contributed by atoms with Crippen LogP contribution >= 0.6 is 0 Å². The Kier molecular flexibility index (Phi) is 5.81. The fraction of sp³-hybridized carbons (Fsp3) is 0.333. The van der Waals surface area contributed by atoms with Gasteiger partial charge < -0.3 is 24.1 Å². The summed E-state index contributed by atoms with van der Waals surface area (Å²) in [5.41, 5.74) is 3.04. The van der Waals surface area contributed by atoms with Crippen LogP contribution in [-0.2, 0) is 4.74 Å². The summed E-state index contributed by atoms with van der Waals surface area (Å²) >= 11 is 0. The van der Waals surface area contributed by atoms with E-state index in [1.54, 1.807) is 21.3 Å². The summed E-state index contributed by atoms with van der Waals surface area (Å²) in [4.78, 5) is 0. The van der Waals surface area contributed by atoms with Gasteiger partial charge in [0.15, 0.2) is 0 Å². The Morgan fingerprint density at radius 3 is 2.12 bits per heavy atom. The summed E-state index contributed by atoms with van der Waals surface area (Å²) in [6, 6.07) is 13.5. The van der Waals surface area contributed by atoms with E-state index < -0.39 is 0 Å². The SMILES string of the molecule is COc1ccc(/C=C2\COC(c3cc(OC)cc(OC)c3)C2CO)cc1. The minimum Gasteiger partial charge on any atom is -0.497 e. The third kappa shape index (κ3) is 3.84. The van der Waals surface area contributed by atoms with Crippen molar-refractivity contribution in [3.05, 3.63) is 59.2 Å². The molecule has 5 nitrogen and oxygen atoms in total. The van der Waals surface area contributed by atoms with Crippen molar-refractivity contribution >= 4 is 6.08 Å². The van der Waals surface area contributed by atoms with Gasteiger partial charge in [-0.2, -0.15) is 0 Å². The van der Waals surface area contributed by atoms with Crippen LogP contribution in [0.1, 0.15) is 17.2 Å². The normalized spacial score (nSPS) is 21.0. The minimum atomic E-state index is -0.242. The molecule has 1 saturated heterocycles. The summed E-state index contributed by atoms with van der Waals surface area (Å²) < 4.78 is 21.9. The molecule has 2 atom stereocenters. The molecule has 2 aromatic carbocycles. The topological polar surface area (TPSA) is 57.2 Å². The van der Waals surface area contributed by atoms with Gasteiger partial charge in [0, 0.05) is 12.0 Å². The van der Waals surface area contributed by atoms with Crippen molar-refractivity contribution < 1.29 is 24.1 Å². The van der Waals surface area contributed by atoms with Gasteiger partial charge in [0.05, 0.1) is 40.6 Å². The molecular formula is C21H24O5. The van der Waals surface area contributed by atoms with Crippen LogP contribution in [-0.4, -0.2) is 39.6 Å². The van der Waals surface area contributed by atoms with Gasteiger partial charge in [-0.25, -0.2) is 0 Å². The highest BCUT2D eigenvalue weighted by molar-refractivity contribution is 5.56. The second-order valence-corrected chi connectivity index (χ2v) is 6.16. The zero-order chi connectivity index (χ0) is 18.5. The summed E-state index contributed by atoms with van der Waals surface area (Å²) in [6.07, 6.45) is 1.83. The van der Waals surface area contributed by atoms with Gasteiger partial charge in [-0.3, -0.25) is 0 Å². The number of hydrogen-bond acceptors (Lipinski definition) is 5. The molecule has 2 unspecified atom stereocenters. The van der Waals surface area contributed by atoms with Crippen LogP contribution in [0.25, 0.3) is 6.08 Å².